The van der Waals surface area contributed by atoms with Gasteiger partial charge in [0.1, 0.15) is 18.0 Å². The highest BCUT2D eigenvalue weighted by atomic mass is 15.1. The number of hydrogen-bond acceptors (Lipinski definition) is 5. The molecule has 102 valence electrons. The molecule has 0 radical (unpaired) electrons. The Kier molecular flexibility index (Phi) is 6.43. The summed E-state index contributed by atoms with van der Waals surface area (Å²) in [6, 6.07) is 2.03. The van der Waals surface area contributed by atoms with Crippen molar-refractivity contribution in [1.29, 1.82) is 0 Å². The summed E-state index contributed by atoms with van der Waals surface area (Å²) in [6.07, 6.45) is 3.95. The fraction of sp³-hybridized carbons (Fsp3) is 0.692. The van der Waals surface area contributed by atoms with E-state index in [1.165, 1.54) is 6.42 Å². The highest BCUT2D eigenvalue weighted by Gasteiger charge is 2.00. The third-order valence-corrected chi connectivity index (χ3v) is 2.54. The van der Waals surface area contributed by atoms with Gasteiger partial charge in [-0.25, -0.2) is 9.97 Å². The first kappa shape index (κ1) is 14.7. The van der Waals surface area contributed by atoms with Crippen molar-refractivity contribution in [3.05, 3.63) is 12.4 Å². The number of nitrogens with one attached hydrogen (secondary N) is 2. The third kappa shape index (κ3) is 6.39. The molecule has 1 aromatic heterocycles. The normalized spacial score (nSPS) is 12.5. The standard InChI is InChI=1S/C13H25N5/c1-10(2)5-4-6-15-12-7-13(18-9-17-12)16-8-11(3)14/h7,9-11H,4-6,8,14H2,1-3H3,(H2,15,16,17,18). The lowest BCUT2D eigenvalue weighted by atomic mass is 10.1. The molecule has 4 N–H and O–H groups in total. The minimum absolute atomic E-state index is 0.113. The average Bonchev–Trinajstić information content (AvgIpc) is 2.32. The first-order valence-corrected chi connectivity index (χ1v) is 6.63. The topological polar surface area (TPSA) is 75.9 Å². The molecule has 0 spiro atoms. The van der Waals surface area contributed by atoms with Crippen LogP contribution in [0.15, 0.2) is 12.4 Å². The summed E-state index contributed by atoms with van der Waals surface area (Å²) in [4.78, 5) is 8.34. The predicted octanol–water partition coefficient (Wildman–Crippen LogP) is 2.08. The van der Waals surface area contributed by atoms with Crippen LogP contribution in [0.3, 0.4) is 0 Å². The minimum atomic E-state index is 0.113. The smallest absolute Gasteiger partial charge is 0.131 e. The van der Waals surface area contributed by atoms with Gasteiger partial charge in [0, 0.05) is 25.2 Å². The molecular formula is C13H25N5. The maximum absolute atomic E-state index is 5.68. The zero-order chi connectivity index (χ0) is 13.4. The number of hydrogen-bond donors (Lipinski definition) is 3. The molecular weight excluding hydrogens is 226 g/mol. The van der Waals surface area contributed by atoms with Gasteiger partial charge in [0.2, 0.25) is 0 Å². The van der Waals surface area contributed by atoms with Gasteiger partial charge in [-0.3, -0.25) is 0 Å². The summed E-state index contributed by atoms with van der Waals surface area (Å²) in [7, 11) is 0. The van der Waals surface area contributed by atoms with Crippen molar-refractivity contribution in [3.8, 4) is 0 Å². The van der Waals surface area contributed by atoms with Crippen molar-refractivity contribution in [3.63, 3.8) is 0 Å². The van der Waals surface area contributed by atoms with Crippen molar-refractivity contribution < 1.29 is 0 Å². The molecule has 0 aliphatic heterocycles. The lowest BCUT2D eigenvalue weighted by Gasteiger charge is -2.10. The van der Waals surface area contributed by atoms with Crippen LogP contribution in [0.1, 0.15) is 33.6 Å². The van der Waals surface area contributed by atoms with E-state index in [4.69, 9.17) is 5.73 Å². The van der Waals surface area contributed by atoms with Gasteiger partial charge in [-0.2, -0.15) is 0 Å². The molecule has 0 bridgehead atoms. The number of nitrogens with zero attached hydrogens (tertiary/aromatic N) is 2. The summed E-state index contributed by atoms with van der Waals surface area (Å²) in [6.45, 7) is 8.09. The van der Waals surface area contributed by atoms with Crippen LogP contribution in [0.5, 0.6) is 0 Å². The molecule has 1 rings (SSSR count). The molecule has 1 atom stereocenters. The summed E-state index contributed by atoms with van der Waals surface area (Å²) < 4.78 is 0. The van der Waals surface area contributed by atoms with Crippen LogP contribution < -0.4 is 16.4 Å². The maximum Gasteiger partial charge on any atom is 0.131 e. The Hall–Kier alpha value is -1.36. The minimum Gasteiger partial charge on any atom is -0.370 e. The molecule has 0 amide bonds. The van der Waals surface area contributed by atoms with Crippen molar-refractivity contribution in [2.24, 2.45) is 11.7 Å². The van der Waals surface area contributed by atoms with Crippen molar-refractivity contribution in [2.45, 2.75) is 39.7 Å². The second-order valence-corrected chi connectivity index (χ2v) is 5.11. The van der Waals surface area contributed by atoms with Crippen LogP contribution in [0.4, 0.5) is 11.6 Å². The Morgan fingerprint density at radius 2 is 1.83 bits per heavy atom. The van der Waals surface area contributed by atoms with Crippen molar-refractivity contribution in [1.82, 2.24) is 9.97 Å². The number of anilines is 2. The largest absolute Gasteiger partial charge is 0.370 e. The Labute approximate surface area is 110 Å². The number of rotatable bonds is 8. The van der Waals surface area contributed by atoms with Gasteiger partial charge >= 0.3 is 0 Å². The zero-order valence-electron chi connectivity index (χ0n) is 11.6. The van der Waals surface area contributed by atoms with E-state index in [0.29, 0.717) is 6.54 Å². The molecule has 18 heavy (non-hydrogen) atoms. The lowest BCUT2D eigenvalue weighted by Crippen LogP contribution is -2.25. The van der Waals surface area contributed by atoms with Gasteiger partial charge in [0.05, 0.1) is 0 Å². The van der Waals surface area contributed by atoms with Gasteiger partial charge in [0.15, 0.2) is 0 Å². The van der Waals surface area contributed by atoms with Crippen LogP contribution in [-0.4, -0.2) is 29.1 Å². The second kappa shape index (κ2) is 7.87. The van der Waals surface area contributed by atoms with E-state index >= 15 is 0 Å². The first-order valence-electron chi connectivity index (χ1n) is 6.63. The van der Waals surface area contributed by atoms with Crippen LogP contribution in [0, 0.1) is 5.92 Å². The fourth-order valence-corrected chi connectivity index (χ4v) is 1.54. The van der Waals surface area contributed by atoms with Crippen LogP contribution >= 0.6 is 0 Å². The molecule has 0 aliphatic rings. The van der Waals surface area contributed by atoms with Gasteiger partial charge in [0.25, 0.3) is 0 Å². The summed E-state index contributed by atoms with van der Waals surface area (Å²) >= 11 is 0. The molecule has 0 aliphatic carbocycles. The Bertz CT molecular complexity index is 338. The molecule has 0 aromatic carbocycles. The fourth-order valence-electron chi connectivity index (χ4n) is 1.54. The van der Waals surface area contributed by atoms with Crippen LogP contribution in [0.2, 0.25) is 0 Å². The van der Waals surface area contributed by atoms with Gasteiger partial charge < -0.3 is 16.4 Å². The maximum atomic E-state index is 5.68. The third-order valence-electron chi connectivity index (χ3n) is 2.54. The Morgan fingerprint density at radius 1 is 1.17 bits per heavy atom. The van der Waals surface area contributed by atoms with E-state index in [-0.39, 0.29) is 6.04 Å². The predicted molar refractivity (Wildman–Crippen MR) is 76.7 cm³/mol. The highest BCUT2D eigenvalue weighted by Crippen LogP contribution is 2.09. The highest BCUT2D eigenvalue weighted by molar-refractivity contribution is 5.46. The molecule has 0 fully saturated rings. The van der Waals surface area contributed by atoms with Gasteiger partial charge in [-0.1, -0.05) is 13.8 Å². The lowest BCUT2D eigenvalue weighted by molar-refractivity contribution is 0.566. The molecule has 1 heterocycles. The van der Waals surface area contributed by atoms with E-state index in [1.807, 2.05) is 13.0 Å². The van der Waals surface area contributed by atoms with E-state index in [9.17, 15) is 0 Å². The van der Waals surface area contributed by atoms with Gasteiger partial charge in [-0.15, -0.1) is 0 Å². The number of nitrogens with two attached hydrogens (primary N) is 1. The Balaban J connectivity index is 2.34. The van der Waals surface area contributed by atoms with E-state index < -0.39 is 0 Å². The average molecular weight is 251 g/mol. The molecule has 1 unspecified atom stereocenters. The summed E-state index contributed by atoms with van der Waals surface area (Å²) in [5.41, 5.74) is 5.68. The van der Waals surface area contributed by atoms with Crippen LogP contribution in [-0.2, 0) is 0 Å². The van der Waals surface area contributed by atoms with Gasteiger partial charge in [-0.05, 0) is 25.7 Å². The quantitative estimate of drug-likeness (QED) is 0.617. The molecule has 0 saturated carbocycles. The van der Waals surface area contributed by atoms with E-state index in [2.05, 4.69) is 34.4 Å². The zero-order valence-corrected chi connectivity index (χ0v) is 11.6. The summed E-state index contributed by atoms with van der Waals surface area (Å²) in [5.74, 6) is 2.43. The summed E-state index contributed by atoms with van der Waals surface area (Å²) in [5, 5.41) is 6.48. The number of aromatic nitrogens is 2. The molecule has 5 heteroatoms. The Morgan fingerprint density at radius 3 is 2.44 bits per heavy atom. The van der Waals surface area contributed by atoms with E-state index in [1.54, 1.807) is 6.33 Å². The second-order valence-electron chi connectivity index (χ2n) is 5.11. The molecule has 0 saturated heterocycles. The molecule has 5 nitrogen and oxygen atoms in total. The first-order chi connectivity index (χ1) is 8.58. The van der Waals surface area contributed by atoms with Crippen molar-refractivity contribution >= 4 is 11.6 Å². The SMILES string of the molecule is CC(C)CCCNc1cc(NCC(C)N)ncn1. The monoisotopic (exact) mass is 251 g/mol. The van der Waals surface area contributed by atoms with Crippen LogP contribution in [0.25, 0.3) is 0 Å². The van der Waals surface area contributed by atoms with Crippen molar-refractivity contribution in [2.75, 3.05) is 23.7 Å². The molecule has 1 aromatic rings. The van der Waals surface area contributed by atoms with E-state index in [0.717, 1.165) is 30.5 Å².